The normalized spacial score (nSPS) is 12.8. The molecule has 27 heavy (non-hydrogen) atoms. The Labute approximate surface area is 165 Å². The quantitative estimate of drug-likeness (QED) is 0.498. The van der Waals surface area contributed by atoms with E-state index in [1.54, 1.807) is 50.1 Å². The van der Waals surface area contributed by atoms with Crippen LogP contribution in [0.25, 0.3) is 10.2 Å². The Bertz CT molecular complexity index is 1000. The second-order valence-corrected chi connectivity index (χ2v) is 8.17. The number of aryl methyl sites for hydroxylation is 2. The molecule has 0 bridgehead atoms. The van der Waals surface area contributed by atoms with Crippen LogP contribution in [0, 0.1) is 0 Å². The van der Waals surface area contributed by atoms with Crippen molar-refractivity contribution < 1.29 is 14.3 Å². The van der Waals surface area contributed by atoms with Crippen molar-refractivity contribution in [1.82, 2.24) is 9.97 Å². The molecular formula is C19H19N3O3S2. The summed E-state index contributed by atoms with van der Waals surface area (Å²) in [6.45, 7) is 0. The Morgan fingerprint density at radius 3 is 2.96 bits per heavy atom. The number of nitrogens with one attached hydrogen (secondary N) is 1. The molecule has 0 saturated heterocycles. The summed E-state index contributed by atoms with van der Waals surface area (Å²) in [7, 11) is 3.16. The lowest BCUT2D eigenvalue weighted by Gasteiger charge is -2.11. The number of anilines is 1. The highest BCUT2D eigenvalue weighted by atomic mass is 32.2. The molecule has 2 aromatic heterocycles. The zero-order valence-corrected chi connectivity index (χ0v) is 16.7. The van der Waals surface area contributed by atoms with Crippen molar-refractivity contribution in [3.63, 3.8) is 0 Å². The molecule has 0 unspecified atom stereocenters. The molecule has 1 aliphatic carbocycles. The first-order chi connectivity index (χ1) is 13.2. The number of ether oxygens (including phenoxy) is 2. The molecular weight excluding hydrogens is 382 g/mol. The zero-order chi connectivity index (χ0) is 18.8. The number of amides is 1. The van der Waals surface area contributed by atoms with Crippen LogP contribution in [-0.4, -0.2) is 35.8 Å². The molecule has 140 valence electrons. The molecule has 0 fully saturated rings. The number of nitrogens with zero attached hydrogens (tertiary/aromatic N) is 2. The van der Waals surface area contributed by atoms with E-state index >= 15 is 0 Å². The molecule has 2 heterocycles. The van der Waals surface area contributed by atoms with Gasteiger partial charge in [-0.3, -0.25) is 4.79 Å². The number of fused-ring (bicyclic) bond motifs is 3. The van der Waals surface area contributed by atoms with Crippen LogP contribution in [0.3, 0.4) is 0 Å². The van der Waals surface area contributed by atoms with Crippen LogP contribution in [0.4, 0.5) is 5.69 Å². The summed E-state index contributed by atoms with van der Waals surface area (Å²) in [6, 6.07) is 5.30. The maximum absolute atomic E-state index is 12.5. The van der Waals surface area contributed by atoms with Crippen LogP contribution in [0.5, 0.6) is 11.5 Å². The number of thiophene rings is 1. The highest BCUT2D eigenvalue weighted by molar-refractivity contribution is 8.00. The van der Waals surface area contributed by atoms with Crippen LogP contribution >= 0.6 is 23.1 Å². The second-order valence-electron chi connectivity index (χ2n) is 6.12. The van der Waals surface area contributed by atoms with Gasteiger partial charge in [-0.25, -0.2) is 9.97 Å². The Morgan fingerprint density at radius 1 is 1.26 bits per heavy atom. The Hall–Kier alpha value is -2.32. The molecule has 0 atom stereocenters. The summed E-state index contributed by atoms with van der Waals surface area (Å²) in [5.74, 6) is 1.39. The van der Waals surface area contributed by atoms with Gasteiger partial charge in [0.15, 0.2) is 0 Å². The maximum atomic E-state index is 12.5. The molecule has 1 aliphatic rings. The minimum Gasteiger partial charge on any atom is -0.497 e. The summed E-state index contributed by atoms with van der Waals surface area (Å²) < 4.78 is 10.5. The monoisotopic (exact) mass is 401 g/mol. The second kappa shape index (κ2) is 7.74. The average molecular weight is 402 g/mol. The topological polar surface area (TPSA) is 73.3 Å². The van der Waals surface area contributed by atoms with E-state index < -0.39 is 0 Å². The smallest absolute Gasteiger partial charge is 0.234 e. The molecule has 1 amide bonds. The number of carbonyl (C=O) groups is 1. The third-order valence-corrected chi connectivity index (χ3v) is 6.68. The van der Waals surface area contributed by atoms with E-state index in [9.17, 15) is 4.79 Å². The first-order valence-electron chi connectivity index (χ1n) is 8.59. The van der Waals surface area contributed by atoms with Crippen LogP contribution in [-0.2, 0) is 17.6 Å². The van der Waals surface area contributed by atoms with E-state index in [2.05, 4.69) is 15.3 Å². The standard InChI is InChI=1S/C19H19N3O3S2/c1-24-11-6-7-14(25-2)13(8-11)22-16(23)9-26-18-17-12-4-3-5-15(12)27-19(17)21-10-20-18/h6-8,10H,3-5,9H2,1-2H3,(H,22,23). The van der Waals surface area contributed by atoms with Gasteiger partial charge >= 0.3 is 0 Å². The average Bonchev–Trinajstić information content (AvgIpc) is 3.27. The number of carbonyl (C=O) groups excluding carboxylic acids is 1. The third kappa shape index (κ3) is 3.59. The number of hydrogen-bond acceptors (Lipinski definition) is 7. The fraction of sp³-hybridized carbons (Fsp3) is 0.316. The number of benzene rings is 1. The lowest BCUT2D eigenvalue weighted by molar-refractivity contribution is -0.113. The molecule has 8 heteroatoms. The molecule has 0 aliphatic heterocycles. The first-order valence-corrected chi connectivity index (χ1v) is 10.4. The first kappa shape index (κ1) is 18.1. The third-order valence-electron chi connectivity index (χ3n) is 4.49. The van der Waals surface area contributed by atoms with E-state index in [4.69, 9.17) is 9.47 Å². The SMILES string of the molecule is COc1ccc(OC)c(NC(=O)CSc2ncnc3sc4c(c23)CCC4)c1. The fourth-order valence-electron chi connectivity index (χ4n) is 3.24. The van der Waals surface area contributed by atoms with Gasteiger partial charge in [0.2, 0.25) is 5.91 Å². The molecule has 0 saturated carbocycles. The molecule has 6 nitrogen and oxygen atoms in total. The van der Waals surface area contributed by atoms with E-state index in [0.717, 1.165) is 28.1 Å². The van der Waals surface area contributed by atoms with Gasteiger partial charge in [0.25, 0.3) is 0 Å². The van der Waals surface area contributed by atoms with Crippen molar-refractivity contribution in [1.29, 1.82) is 0 Å². The van der Waals surface area contributed by atoms with Gasteiger partial charge in [-0.15, -0.1) is 11.3 Å². The number of hydrogen-bond donors (Lipinski definition) is 1. The highest BCUT2D eigenvalue weighted by Gasteiger charge is 2.21. The van der Waals surface area contributed by atoms with Gasteiger partial charge in [0, 0.05) is 16.3 Å². The number of methoxy groups -OCH3 is 2. The molecule has 1 aromatic carbocycles. The molecule has 0 spiro atoms. The Balaban J connectivity index is 1.50. The van der Waals surface area contributed by atoms with Crippen molar-refractivity contribution in [2.75, 3.05) is 25.3 Å². The number of aromatic nitrogens is 2. The predicted octanol–water partition coefficient (Wildman–Crippen LogP) is 3.93. The van der Waals surface area contributed by atoms with Crippen LogP contribution < -0.4 is 14.8 Å². The molecule has 4 rings (SSSR count). The summed E-state index contributed by atoms with van der Waals surface area (Å²) in [4.78, 5) is 23.8. The fourth-order valence-corrected chi connectivity index (χ4v) is 5.36. The summed E-state index contributed by atoms with van der Waals surface area (Å²) in [5, 5.41) is 4.91. The molecule has 0 radical (unpaired) electrons. The minimum atomic E-state index is -0.120. The lowest BCUT2D eigenvalue weighted by atomic mass is 10.2. The predicted molar refractivity (Wildman–Crippen MR) is 108 cm³/mol. The molecule has 3 aromatic rings. The van der Waals surface area contributed by atoms with Crippen LogP contribution in [0.2, 0.25) is 0 Å². The number of thioether (sulfide) groups is 1. The van der Waals surface area contributed by atoms with Crippen molar-refractivity contribution in [3.05, 3.63) is 35.0 Å². The van der Waals surface area contributed by atoms with Gasteiger partial charge in [-0.05, 0) is 37.0 Å². The van der Waals surface area contributed by atoms with Crippen molar-refractivity contribution in [2.45, 2.75) is 24.3 Å². The highest BCUT2D eigenvalue weighted by Crippen LogP contribution is 2.40. The van der Waals surface area contributed by atoms with Crippen LogP contribution in [0.1, 0.15) is 16.9 Å². The number of rotatable bonds is 6. The molecule has 1 N–H and O–H groups in total. The minimum absolute atomic E-state index is 0.120. The van der Waals surface area contributed by atoms with Gasteiger partial charge < -0.3 is 14.8 Å². The summed E-state index contributed by atoms with van der Waals surface area (Å²) in [5.41, 5.74) is 1.96. The van der Waals surface area contributed by atoms with Crippen molar-refractivity contribution in [3.8, 4) is 11.5 Å². The van der Waals surface area contributed by atoms with E-state index in [1.807, 2.05) is 0 Å². The summed E-state index contributed by atoms with van der Waals surface area (Å²) >= 11 is 3.19. The van der Waals surface area contributed by atoms with Gasteiger partial charge in [0.1, 0.15) is 27.7 Å². The van der Waals surface area contributed by atoms with Gasteiger partial charge in [-0.2, -0.15) is 0 Å². The largest absolute Gasteiger partial charge is 0.497 e. The Morgan fingerprint density at radius 2 is 2.15 bits per heavy atom. The van der Waals surface area contributed by atoms with E-state index in [1.165, 1.54) is 28.6 Å². The van der Waals surface area contributed by atoms with Crippen LogP contribution in [0.15, 0.2) is 29.6 Å². The van der Waals surface area contributed by atoms with Crippen molar-refractivity contribution >= 4 is 44.9 Å². The Kier molecular flexibility index (Phi) is 5.18. The zero-order valence-electron chi connectivity index (χ0n) is 15.1. The van der Waals surface area contributed by atoms with Crippen molar-refractivity contribution in [2.24, 2.45) is 0 Å². The van der Waals surface area contributed by atoms with Gasteiger partial charge in [-0.1, -0.05) is 11.8 Å². The van der Waals surface area contributed by atoms with E-state index in [-0.39, 0.29) is 11.7 Å². The van der Waals surface area contributed by atoms with E-state index in [0.29, 0.717) is 17.2 Å². The summed E-state index contributed by atoms with van der Waals surface area (Å²) in [6.07, 6.45) is 4.96. The lowest BCUT2D eigenvalue weighted by Crippen LogP contribution is -2.15. The van der Waals surface area contributed by atoms with Gasteiger partial charge in [0.05, 0.1) is 25.7 Å². The maximum Gasteiger partial charge on any atom is 0.234 e.